The summed E-state index contributed by atoms with van der Waals surface area (Å²) in [5.74, 6) is -0.684. The number of ether oxygens (including phenoxy) is 2. The van der Waals surface area contributed by atoms with Crippen molar-refractivity contribution < 1.29 is 27.7 Å². The van der Waals surface area contributed by atoms with Gasteiger partial charge in [0.25, 0.3) is 0 Å². The van der Waals surface area contributed by atoms with Gasteiger partial charge in [0.1, 0.15) is 0 Å². The Hall–Kier alpha value is 0.300. The molecule has 0 aromatic rings. The Morgan fingerprint density at radius 2 is 1.41 bits per heavy atom. The van der Waals surface area contributed by atoms with Gasteiger partial charge in [-0.3, -0.25) is 4.57 Å². The highest BCUT2D eigenvalue weighted by Gasteiger charge is 2.47. The van der Waals surface area contributed by atoms with Crippen molar-refractivity contribution in [3.63, 3.8) is 0 Å². The molecule has 0 spiro atoms. The molecule has 1 rings (SSSR count). The molecular formula is C14H30O6P2. The van der Waals surface area contributed by atoms with E-state index in [1.807, 2.05) is 13.8 Å². The van der Waals surface area contributed by atoms with Gasteiger partial charge in [0.2, 0.25) is 0 Å². The molecule has 0 aromatic carbocycles. The van der Waals surface area contributed by atoms with Crippen LogP contribution < -0.4 is 0 Å². The van der Waals surface area contributed by atoms with Gasteiger partial charge in [-0.2, -0.15) is 0 Å². The number of hydrogen-bond acceptors (Lipinski definition) is 6. The van der Waals surface area contributed by atoms with E-state index in [1.54, 1.807) is 27.2 Å². The standard InChI is InChI=1S/C14H30O6P2/c1-7-19-22(16,20-8-2)12-14(11-21(5,6)15)9-17-13(3,4)18-10-14/h7-12H2,1-6H3. The zero-order valence-corrected chi connectivity index (χ0v) is 16.4. The van der Waals surface area contributed by atoms with Gasteiger partial charge in [-0.15, -0.1) is 0 Å². The lowest BCUT2D eigenvalue weighted by Crippen LogP contribution is -2.50. The molecule has 1 aliphatic heterocycles. The zero-order chi connectivity index (χ0) is 17.1. The first kappa shape index (κ1) is 20.3. The second-order valence-corrected chi connectivity index (χ2v) is 12.3. The van der Waals surface area contributed by atoms with Crippen molar-refractivity contribution in [3.05, 3.63) is 0 Å². The molecular weight excluding hydrogens is 326 g/mol. The Morgan fingerprint density at radius 1 is 0.955 bits per heavy atom. The second-order valence-electron chi connectivity index (χ2n) is 6.81. The monoisotopic (exact) mass is 356 g/mol. The Kier molecular flexibility index (Phi) is 6.90. The molecule has 1 saturated heterocycles. The average Bonchev–Trinajstić information content (AvgIpc) is 2.32. The first-order chi connectivity index (χ1) is 9.95. The highest BCUT2D eigenvalue weighted by atomic mass is 31.2. The summed E-state index contributed by atoms with van der Waals surface area (Å²) in [6.07, 6.45) is 0.545. The van der Waals surface area contributed by atoms with Crippen molar-refractivity contribution in [3.8, 4) is 0 Å². The highest BCUT2D eigenvalue weighted by molar-refractivity contribution is 7.62. The maximum absolute atomic E-state index is 12.9. The maximum atomic E-state index is 12.9. The van der Waals surface area contributed by atoms with Gasteiger partial charge in [0.15, 0.2) is 5.79 Å². The summed E-state index contributed by atoms with van der Waals surface area (Å²) >= 11 is 0. The number of hydrogen-bond donors (Lipinski definition) is 0. The largest absolute Gasteiger partial charge is 0.350 e. The summed E-state index contributed by atoms with van der Waals surface area (Å²) in [5, 5.41) is 0. The molecule has 0 atom stereocenters. The third-order valence-corrected chi connectivity index (χ3v) is 7.14. The lowest BCUT2D eigenvalue weighted by molar-refractivity contribution is -0.278. The van der Waals surface area contributed by atoms with Crippen LogP contribution in [0.2, 0.25) is 0 Å². The van der Waals surface area contributed by atoms with E-state index >= 15 is 0 Å². The molecule has 0 N–H and O–H groups in total. The first-order valence-corrected chi connectivity index (χ1v) is 12.2. The van der Waals surface area contributed by atoms with Crippen LogP contribution in [0.25, 0.3) is 0 Å². The minimum atomic E-state index is -3.26. The minimum Gasteiger partial charge on any atom is -0.350 e. The predicted octanol–water partition coefficient (Wildman–Crippen LogP) is 3.64. The van der Waals surface area contributed by atoms with E-state index in [4.69, 9.17) is 18.5 Å². The van der Waals surface area contributed by atoms with Crippen molar-refractivity contribution in [2.75, 3.05) is 52.1 Å². The molecule has 0 unspecified atom stereocenters. The Labute approximate surface area is 134 Å². The Morgan fingerprint density at radius 3 is 1.77 bits per heavy atom. The number of rotatable bonds is 8. The van der Waals surface area contributed by atoms with Crippen molar-refractivity contribution in [1.82, 2.24) is 0 Å². The molecule has 0 bridgehead atoms. The highest BCUT2D eigenvalue weighted by Crippen LogP contribution is 2.56. The van der Waals surface area contributed by atoms with Gasteiger partial charge in [0.05, 0.1) is 39.7 Å². The molecule has 132 valence electrons. The fourth-order valence-electron chi connectivity index (χ4n) is 2.71. The average molecular weight is 356 g/mol. The molecule has 0 aromatic heterocycles. The van der Waals surface area contributed by atoms with Gasteiger partial charge < -0.3 is 23.1 Å². The van der Waals surface area contributed by atoms with Crippen molar-refractivity contribution in [2.24, 2.45) is 5.41 Å². The molecule has 8 heteroatoms. The van der Waals surface area contributed by atoms with Crippen LogP contribution in [0, 0.1) is 5.41 Å². The van der Waals surface area contributed by atoms with Crippen molar-refractivity contribution >= 4 is 14.7 Å². The van der Waals surface area contributed by atoms with E-state index < -0.39 is 25.9 Å². The van der Waals surface area contributed by atoms with Crippen LogP contribution in [-0.2, 0) is 27.7 Å². The molecule has 6 nitrogen and oxygen atoms in total. The van der Waals surface area contributed by atoms with E-state index in [9.17, 15) is 9.13 Å². The van der Waals surface area contributed by atoms with Crippen LogP contribution in [-0.4, -0.2) is 57.9 Å². The topological polar surface area (TPSA) is 71.1 Å². The SMILES string of the molecule is CCOP(=O)(CC1(CP(C)(C)=O)COC(C)(C)OC1)OCC. The summed E-state index contributed by atoms with van der Waals surface area (Å²) in [5.41, 5.74) is -0.617. The summed E-state index contributed by atoms with van der Waals surface area (Å²) in [6, 6.07) is 0. The smallest absolute Gasteiger partial charge is 0.331 e. The van der Waals surface area contributed by atoms with Crippen LogP contribution >= 0.6 is 14.7 Å². The molecule has 0 saturated carbocycles. The van der Waals surface area contributed by atoms with Gasteiger partial charge in [0, 0.05) is 11.6 Å². The molecule has 1 aliphatic rings. The lowest BCUT2D eigenvalue weighted by atomic mass is 9.94. The third kappa shape index (κ3) is 6.43. The minimum absolute atomic E-state index is 0.156. The molecule has 1 fully saturated rings. The van der Waals surface area contributed by atoms with Crippen LogP contribution in [0.1, 0.15) is 27.7 Å². The van der Waals surface area contributed by atoms with Crippen molar-refractivity contribution in [1.29, 1.82) is 0 Å². The normalized spacial score (nSPS) is 21.7. The molecule has 0 aliphatic carbocycles. The van der Waals surface area contributed by atoms with Crippen LogP contribution in [0.4, 0.5) is 0 Å². The van der Waals surface area contributed by atoms with Gasteiger partial charge in [-0.05, 0) is 41.0 Å². The van der Waals surface area contributed by atoms with Gasteiger partial charge >= 0.3 is 7.60 Å². The van der Waals surface area contributed by atoms with Crippen LogP contribution in [0.5, 0.6) is 0 Å². The molecule has 0 amide bonds. The quantitative estimate of drug-likeness (QED) is 0.618. The Bertz CT molecular complexity index is 436. The van der Waals surface area contributed by atoms with Gasteiger partial charge in [-0.25, -0.2) is 0 Å². The fraction of sp³-hybridized carbons (Fsp3) is 1.00. The molecule has 22 heavy (non-hydrogen) atoms. The van der Waals surface area contributed by atoms with Crippen molar-refractivity contribution in [2.45, 2.75) is 33.5 Å². The third-order valence-electron chi connectivity index (χ3n) is 3.35. The predicted molar refractivity (Wildman–Crippen MR) is 88.5 cm³/mol. The zero-order valence-electron chi connectivity index (χ0n) is 14.6. The Balaban J connectivity index is 3.00. The van der Waals surface area contributed by atoms with Crippen LogP contribution in [0.3, 0.4) is 0 Å². The second kappa shape index (κ2) is 7.46. The fourth-order valence-corrected chi connectivity index (χ4v) is 6.96. The lowest BCUT2D eigenvalue weighted by Gasteiger charge is -2.44. The van der Waals surface area contributed by atoms with E-state index in [0.29, 0.717) is 32.6 Å². The van der Waals surface area contributed by atoms with E-state index in [-0.39, 0.29) is 6.16 Å². The van der Waals surface area contributed by atoms with E-state index in [0.717, 1.165) is 0 Å². The van der Waals surface area contributed by atoms with E-state index in [1.165, 1.54) is 0 Å². The van der Waals surface area contributed by atoms with Gasteiger partial charge in [-0.1, -0.05) is 0 Å². The maximum Gasteiger partial charge on any atom is 0.331 e. The van der Waals surface area contributed by atoms with Crippen LogP contribution in [0.15, 0.2) is 0 Å². The van der Waals surface area contributed by atoms with E-state index in [2.05, 4.69) is 0 Å². The molecule has 0 radical (unpaired) electrons. The molecule has 1 heterocycles. The summed E-state index contributed by atoms with van der Waals surface area (Å²) in [6.45, 7) is 11.9. The summed E-state index contributed by atoms with van der Waals surface area (Å²) < 4.78 is 47.6. The first-order valence-electron chi connectivity index (χ1n) is 7.65. The summed E-state index contributed by atoms with van der Waals surface area (Å²) in [7, 11) is -5.62. The summed E-state index contributed by atoms with van der Waals surface area (Å²) in [4.78, 5) is 0.